The van der Waals surface area contributed by atoms with Crippen LogP contribution in [0.3, 0.4) is 0 Å². The molecule has 0 N–H and O–H groups in total. The molecular formula is C13H24. The van der Waals surface area contributed by atoms with Crippen molar-refractivity contribution in [3.05, 3.63) is 24.3 Å². The molecule has 1 saturated carbocycles. The fraction of sp³-hybridized carbons (Fsp3) is 0.692. The average Bonchev–Trinajstić information content (AvgIpc) is 2.31. The lowest BCUT2D eigenvalue weighted by Crippen LogP contribution is -1.84. The molecule has 0 aromatic rings. The van der Waals surface area contributed by atoms with Gasteiger partial charge in [-0.3, -0.25) is 0 Å². The first kappa shape index (κ1) is 12.5. The van der Waals surface area contributed by atoms with Gasteiger partial charge < -0.3 is 0 Å². The summed E-state index contributed by atoms with van der Waals surface area (Å²) in [5, 5.41) is 0. The van der Waals surface area contributed by atoms with Gasteiger partial charge in [0.15, 0.2) is 0 Å². The van der Waals surface area contributed by atoms with E-state index in [-0.39, 0.29) is 0 Å². The predicted octanol–water partition coefficient (Wildman–Crippen LogP) is 4.58. The van der Waals surface area contributed by atoms with E-state index in [2.05, 4.69) is 40.9 Å². The Balaban J connectivity index is 0.000000252. The van der Waals surface area contributed by atoms with Gasteiger partial charge >= 0.3 is 0 Å². The normalized spacial score (nSPS) is 21.8. The zero-order chi connectivity index (χ0) is 10.4. The Morgan fingerprint density at radius 1 is 1.38 bits per heavy atom. The molecule has 0 saturated heterocycles. The molecule has 76 valence electrons. The highest BCUT2D eigenvalue weighted by Crippen LogP contribution is 2.32. The number of hydrogen-bond donors (Lipinski definition) is 0. The second kappa shape index (κ2) is 6.01. The number of allylic oxidation sites excluding steroid dienone is 2. The lowest BCUT2D eigenvalue weighted by atomic mass is 10.1. The maximum Gasteiger partial charge on any atom is -0.0111 e. The van der Waals surface area contributed by atoms with Crippen molar-refractivity contribution in [1.82, 2.24) is 0 Å². The Bertz CT molecular complexity index is 174. The summed E-state index contributed by atoms with van der Waals surface area (Å²) in [6, 6.07) is 0. The molecule has 0 nitrogen and oxygen atoms in total. The van der Waals surface area contributed by atoms with Crippen LogP contribution in [0.1, 0.15) is 47.0 Å². The van der Waals surface area contributed by atoms with Crippen LogP contribution in [0.25, 0.3) is 0 Å². The van der Waals surface area contributed by atoms with E-state index < -0.39 is 0 Å². The van der Waals surface area contributed by atoms with Gasteiger partial charge in [0, 0.05) is 0 Å². The highest BCUT2D eigenvalue weighted by Gasteiger charge is 2.16. The van der Waals surface area contributed by atoms with E-state index in [0.29, 0.717) is 5.92 Å². The van der Waals surface area contributed by atoms with Crippen molar-refractivity contribution in [1.29, 1.82) is 0 Å². The van der Waals surface area contributed by atoms with Gasteiger partial charge in [-0.2, -0.15) is 0 Å². The summed E-state index contributed by atoms with van der Waals surface area (Å²) in [5.74, 6) is 1.58. The SMILES string of the molecule is C=C1CC(=C)C(C)C1.CCC(C)C. The predicted molar refractivity (Wildman–Crippen MR) is 61.8 cm³/mol. The summed E-state index contributed by atoms with van der Waals surface area (Å²) in [6.45, 7) is 16.7. The van der Waals surface area contributed by atoms with Crippen LogP contribution >= 0.6 is 0 Å². The summed E-state index contributed by atoms with van der Waals surface area (Å²) in [4.78, 5) is 0. The van der Waals surface area contributed by atoms with E-state index in [0.717, 1.165) is 12.3 Å². The molecule has 0 radical (unpaired) electrons. The van der Waals surface area contributed by atoms with E-state index >= 15 is 0 Å². The lowest BCUT2D eigenvalue weighted by molar-refractivity contribution is 0.626. The summed E-state index contributed by atoms with van der Waals surface area (Å²) < 4.78 is 0. The summed E-state index contributed by atoms with van der Waals surface area (Å²) in [5.41, 5.74) is 2.71. The van der Waals surface area contributed by atoms with Crippen LogP contribution in [-0.2, 0) is 0 Å². The molecule has 0 aliphatic heterocycles. The topological polar surface area (TPSA) is 0 Å². The molecule has 1 aliphatic rings. The van der Waals surface area contributed by atoms with Gasteiger partial charge in [-0.15, -0.1) is 0 Å². The molecule has 0 heterocycles. The molecule has 13 heavy (non-hydrogen) atoms. The molecule has 0 bridgehead atoms. The number of rotatable bonds is 1. The molecule has 1 atom stereocenters. The molecule has 1 unspecified atom stereocenters. The van der Waals surface area contributed by atoms with E-state index in [9.17, 15) is 0 Å². The van der Waals surface area contributed by atoms with Gasteiger partial charge in [-0.05, 0) is 24.7 Å². The third-order valence-electron chi connectivity index (χ3n) is 2.59. The van der Waals surface area contributed by atoms with E-state index in [1.807, 2.05) is 0 Å². The zero-order valence-corrected chi connectivity index (χ0v) is 9.69. The van der Waals surface area contributed by atoms with Crippen molar-refractivity contribution in [3.8, 4) is 0 Å². The van der Waals surface area contributed by atoms with Crippen molar-refractivity contribution in [2.45, 2.75) is 47.0 Å². The van der Waals surface area contributed by atoms with Crippen LogP contribution in [0.15, 0.2) is 24.3 Å². The van der Waals surface area contributed by atoms with Crippen LogP contribution in [0.2, 0.25) is 0 Å². The summed E-state index contributed by atoms with van der Waals surface area (Å²) in [6.07, 6.45) is 3.54. The van der Waals surface area contributed by atoms with E-state index in [4.69, 9.17) is 0 Å². The van der Waals surface area contributed by atoms with Gasteiger partial charge in [0.2, 0.25) is 0 Å². The van der Waals surface area contributed by atoms with Gasteiger partial charge in [-0.1, -0.05) is 58.4 Å². The largest absolute Gasteiger partial charge is 0.0995 e. The third kappa shape index (κ3) is 5.68. The third-order valence-corrected chi connectivity index (χ3v) is 2.59. The fourth-order valence-electron chi connectivity index (χ4n) is 1.14. The molecule has 0 aromatic heterocycles. The minimum Gasteiger partial charge on any atom is -0.0995 e. The second-order valence-electron chi connectivity index (χ2n) is 4.49. The van der Waals surface area contributed by atoms with Gasteiger partial charge in [0.05, 0.1) is 0 Å². The molecule has 0 amide bonds. The van der Waals surface area contributed by atoms with Crippen molar-refractivity contribution in [2.75, 3.05) is 0 Å². The molecule has 0 heteroatoms. The monoisotopic (exact) mass is 180 g/mol. The molecule has 1 aliphatic carbocycles. The highest BCUT2D eigenvalue weighted by molar-refractivity contribution is 5.20. The molecule has 0 spiro atoms. The van der Waals surface area contributed by atoms with Crippen molar-refractivity contribution >= 4 is 0 Å². The maximum atomic E-state index is 3.92. The standard InChI is InChI=1S/C8H12.C5H12/c1-6-4-7(2)8(3)5-6;1-4-5(2)3/h8H,1-2,4-5H2,3H3;5H,4H2,1-3H3. The first-order valence-electron chi connectivity index (χ1n) is 5.31. The molecule has 0 aromatic carbocycles. The average molecular weight is 180 g/mol. The smallest absolute Gasteiger partial charge is 0.0111 e. The Morgan fingerprint density at radius 3 is 1.92 bits per heavy atom. The fourth-order valence-corrected chi connectivity index (χ4v) is 1.14. The van der Waals surface area contributed by atoms with Crippen molar-refractivity contribution < 1.29 is 0 Å². The molecule has 1 fully saturated rings. The van der Waals surface area contributed by atoms with E-state index in [1.165, 1.54) is 24.0 Å². The minimum absolute atomic E-state index is 0.697. The molecule has 1 rings (SSSR count). The second-order valence-corrected chi connectivity index (χ2v) is 4.49. The Morgan fingerprint density at radius 2 is 1.85 bits per heavy atom. The number of hydrogen-bond acceptors (Lipinski definition) is 0. The highest BCUT2D eigenvalue weighted by atomic mass is 14.2. The van der Waals surface area contributed by atoms with Crippen molar-refractivity contribution in [3.63, 3.8) is 0 Å². The van der Waals surface area contributed by atoms with Crippen LogP contribution in [0.5, 0.6) is 0 Å². The van der Waals surface area contributed by atoms with Crippen LogP contribution in [-0.4, -0.2) is 0 Å². The van der Waals surface area contributed by atoms with Gasteiger partial charge in [-0.25, -0.2) is 0 Å². The molecular weight excluding hydrogens is 156 g/mol. The lowest BCUT2D eigenvalue weighted by Gasteiger charge is -1.96. The quantitative estimate of drug-likeness (QED) is 0.518. The van der Waals surface area contributed by atoms with E-state index in [1.54, 1.807) is 0 Å². The first-order valence-corrected chi connectivity index (χ1v) is 5.31. The Kier molecular flexibility index (Phi) is 5.77. The Labute approximate surface area is 83.7 Å². The summed E-state index contributed by atoms with van der Waals surface area (Å²) in [7, 11) is 0. The zero-order valence-electron chi connectivity index (χ0n) is 9.69. The Hall–Kier alpha value is -0.520. The van der Waals surface area contributed by atoms with Crippen LogP contribution < -0.4 is 0 Å². The first-order chi connectivity index (χ1) is 5.97. The van der Waals surface area contributed by atoms with Crippen molar-refractivity contribution in [2.24, 2.45) is 11.8 Å². The maximum absolute atomic E-state index is 3.92. The van der Waals surface area contributed by atoms with Gasteiger partial charge in [0.25, 0.3) is 0 Å². The van der Waals surface area contributed by atoms with Crippen LogP contribution in [0, 0.1) is 11.8 Å². The van der Waals surface area contributed by atoms with Crippen LogP contribution in [0.4, 0.5) is 0 Å². The minimum atomic E-state index is 0.697. The summed E-state index contributed by atoms with van der Waals surface area (Å²) >= 11 is 0. The van der Waals surface area contributed by atoms with Gasteiger partial charge in [0.1, 0.15) is 0 Å².